The Hall–Kier alpha value is -0.660. The van der Waals surface area contributed by atoms with E-state index in [1.165, 1.54) is 31.0 Å². The van der Waals surface area contributed by atoms with Crippen LogP contribution in [0.5, 0.6) is 0 Å². The van der Waals surface area contributed by atoms with Gasteiger partial charge in [0.2, 0.25) is 10.0 Å². The minimum atomic E-state index is -3.54. The number of hydrogen-bond acceptors (Lipinski definition) is 4. The Morgan fingerprint density at radius 2 is 2.00 bits per heavy atom. The van der Waals surface area contributed by atoms with Crippen molar-refractivity contribution in [3.63, 3.8) is 0 Å². The van der Waals surface area contributed by atoms with Gasteiger partial charge in [0.05, 0.1) is 11.5 Å². The molecule has 118 valence electrons. The first-order chi connectivity index (χ1) is 10.0. The number of hydrogen-bond donors (Lipinski definition) is 2. The van der Waals surface area contributed by atoms with Gasteiger partial charge in [0, 0.05) is 11.6 Å². The third-order valence-corrected chi connectivity index (χ3v) is 5.46. The second-order valence-electron chi connectivity index (χ2n) is 5.21. The van der Waals surface area contributed by atoms with E-state index in [1.807, 2.05) is 0 Å². The number of benzene rings is 1. The summed E-state index contributed by atoms with van der Waals surface area (Å²) in [6.07, 6.45) is 3.27. The highest BCUT2D eigenvalue weighted by atomic mass is 35.5. The van der Waals surface area contributed by atoms with Crippen LogP contribution >= 0.6 is 11.6 Å². The van der Waals surface area contributed by atoms with Crippen molar-refractivity contribution in [3.8, 4) is 0 Å². The molecule has 1 aliphatic rings. The van der Waals surface area contributed by atoms with Gasteiger partial charge >= 0.3 is 0 Å². The molecule has 1 aliphatic heterocycles. The van der Waals surface area contributed by atoms with E-state index < -0.39 is 10.0 Å². The Kier molecular flexibility index (Phi) is 6.01. The first kappa shape index (κ1) is 16.7. The van der Waals surface area contributed by atoms with Crippen molar-refractivity contribution < 1.29 is 13.5 Å². The molecule has 0 amide bonds. The molecule has 7 heteroatoms. The van der Waals surface area contributed by atoms with Crippen LogP contribution in [-0.2, 0) is 16.6 Å². The minimum absolute atomic E-state index is 0.130. The lowest BCUT2D eigenvalue weighted by Crippen LogP contribution is -2.28. The molecule has 1 fully saturated rings. The number of aliphatic hydroxyl groups is 1. The number of likely N-dealkylation sites (tertiary alicyclic amines) is 1. The van der Waals surface area contributed by atoms with Gasteiger partial charge < -0.3 is 10.0 Å². The van der Waals surface area contributed by atoms with E-state index in [1.54, 1.807) is 0 Å². The van der Waals surface area contributed by atoms with Crippen LogP contribution < -0.4 is 4.72 Å². The van der Waals surface area contributed by atoms with Crippen LogP contribution in [-0.4, -0.2) is 44.6 Å². The van der Waals surface area contributed by atoms with Crippen molar-refractivity contribution in [2.75, 3.05) is 26.2 Å². The lowest BCUT2D eigenvalue weighted by atomic mass is 10.2. The molecule has 1 saturated heterocycles. The molecule has 2 N–H and O–H groups in total. The predicted octanol–water partition coefficient (Wildman–Crippen LogP) is 1.60. The molecule has 0 unspecified atom stereocenters. The predicted molar refractivity (Wildman–Crippen MR) is 82.9 cm³/mol. The first-order valence-corrected chi connectivity index (χ1v) is 9.00. The number of nitrogens with one attached hydrogen (secondary N) is 1. The minimum Gasteiger partial charge on any atom is -0.392 e. The largest absolute Gasteiger partial charge is 0.392 e. The Labute approximate surface area is 131 Å². The zero-order chi connectivity index (χ0) is 15.3. The topological polar surface area (TPSA) is 69.6 Å². The second kappa shape index (κ2) is 7.56. The van der Waals surface area contributed by atoms with E-state index in [2.05, 4.69) is 9.62 Å². The summed E-state index contributed by atoms with van der Waals surface area (Å²) in [5, 5.41) is 9.30. The maximum Gasteiger partial charge on any atom is 0.240 e. The summed E-state index contributed by atoms with van der Waals surface area (Å²) in [5.41, 5.74) is 0.518. The molecule has 0 bridgehead atoms. The van der Waals surface area contributed by atoms with Crippen LogP contribution in [0, 0.1) is 0 Å². The van der Waals surface area contributed by atoms with Gasteiger partial charge in [-0.15, -0.1) is 0 Å². The smallest absolute Gasteiger partial charge is 0.240 e. The van der Waals surface area contributed by atoms with Crippen LogP contribution in [0.25, 0.3) is 0 Å². The molecule has 1 heterocycles. The van der Waals surface area contributed by atoms with Crippen molar-refractivity contribution in [1.29, 1.82) is 0 Å². The van der Waals surface area contributed by atoms with Crippen LogP contribution in [0.15, 0.2) is 23.1 Å². The molecule has 2 rings (SSSR count). The molecule has 0 aromatic heterocycles. The van der Waals surface area contributed by atoms with E-state index in [4.69, 9.17) is 16.7 Å². The molecule has 0 spiro atoms. The molecule has 0 aliphatic carbocycles. The number of rotatable bonds is 7. The molecule has 1 aromatic rings. The Balaban J connectivity index is 1.87. The number of aliphatic hydroxyl groups excluding tert-OH is 1. The Morgan fingerprint density at radius 3 is 2.62 bits per heavy atom. The third-order valence-electron chi connectivity index (χ3n) is 3.65. The van der Waals surface area contributed by atoms with Gasteiger partial charge in [-0.05, 0) is 56.6 Å². The highest BCUT2D eigenvalue weighted by Crippen LogP contribution is 2.20. The van der Waals surface area contributed by atoms with Crippen LogP contribution in [0.1, 0.15) is 24.8 Å². The van der Waals surface area contributed by atoms with Crippen molar-refractivity contribution in [3.05, 3.63) is 28.8 Å². The zero-order valence-corrected chi connectivity index (χ0v) is 13.5. The molecule has 0 saturated carbocycles. The summed E-state index contributed by atoms with van der Waals surface area (Å²) in [4.78, 5) is 2.48. The lowest BCUT2D eigenvalue weighted by molar-refractivity contribution is 0.282. The van der Waals surface area contributed by atoms with Crippen molar-refractivity contribution >= 4 is 21.6 Å². The van der Waals surface area contributed by atoms with Crippen molar-refractivity contribution in [2.24, 2.45) is 0 Å². The molecule has 5 nitrogen and oxygen atoms in total. The lowest BCUT2D eigenvalue weighted by Gasteiger charge is -2.14. The Bertz CT molecular complexity index is 572. The van der Waals surface area contributed by atoms with Gasteiger partial charge in [-0.3, -0.25) is 0 Å². The fraction of sp³-hybridized carbons (Fsp3) is 0.571. The van der Waals surface area contributed by atoms with Crippen LogP contribution in [0.4, 0.5) is 0 Å². The molecule has 1 aromatic carbocycles. The summed E-state index contributed by atoms with van der Waals surface area (Å²) in [7, 11) is -3.54. The number of nitrogens with zero attached hydrogens (tertiary/aromatic N) is 1. The quantitative estimate of drug-likeness (QED) is 0.744. The normalized spacial score (nSPS) is 16.5. The monoisotopic (exact) mass is 332 g/mol. The van der Waals surface area contributed by atoms with Crippen LogP contribution in [0.2, 0.25) is 5.02 Å². The fourth-order valence-corrected chi connectivity index (χ4v) is 3.83. The van der Waals surface area contributed by atoms with Crippen molar-refractivity contribution in [2.45, 2.75) is 30.8 Å². The van der Waals surface area contributed by atoms with E-state index >= 15 is 0 Å². The van der Waals surface area contributed by atoms with E-state index in [0.29, 0.717) is 12.1 Å². The van der Waals surface area contributed by atoms with E-state index in [0.717, 1.165) is 26.1 Å². The highest BCUT2D eigenvalue weighted by molar-refractivity contribution is 7.89. The Morgan fingerprint density at radius 1 is 1.29 bits per heavy atom. The third kappa shape index (κ3) is 4.66. The molecular formula is C14H21ClN2O3S. The van der Waals surface area contributed by atoms with E-state index in [-0.39, 0.29) is 16.5 Å². The number of halogens is 1. The standard InChI is InChI=1S/C14H21ClN2O3S/c15-14-10-13(5-4-12(14)11-18)21(19,20)16-6-3-9-17-7-1-2-8-17/h4-5,10,16,18H,1-3,6-9,11H2. The summed E-state index contributed by atoms with van der Waals surface area (Å²) in [6, 6.07) is 4.36. The molecule has 0 atom stereocenters. The van der Waals surface area contributed by atoms with E-state index in [9.17, 15) is 8.42 Å². The molecular weight excluding hydrogens is 312 g/mol. The maximum atomic E-state index is 12.1. The van der Waals surface area contributed by atoms with Gasteiger partial charge in [-0.25, -0.2) is 13.1 Å². The van der Waals surface area contributed by atoms with Gasteiger partial charge in [-0.1, -0.05) is 17.7 Å². The summed E-state index contributed by atoms with van der Waals surface area (Å²) in [6.45, 7) is 3.36. The second-order valence-corrected chi connectivity index (χ2v) is 7.39. The maximum absolute atomic E-state index is 12.1. The van der Waals surface area contributed by atoms with Gasteiger partial charge in [0.25, 0.3) is 0 Å². The summed E-state index contributed by atoms with van der Waals surface area (Å²) < 4.78 is 26.9. The summed E-state index contributed by atoms with van der Waals surface area (Å²) in [5.74, 6) is 0. The number of sulfonamides is 1. The van der Waals surface area contributed by atoms with Gasteiger partial charge in [0.15, 0.2) is 0 Å². The first-order valence-electron chi connectivity index (χ1n) is 7.14. The molecule has 21 heavy (non-hydrogen) atoms. The van der Waals surface area contributed by atoms with Crippen LogP contribution in [0.3, 0.4) is 0 Å². The SMILES string of the molecule is O=S(=O)(NCCCN1CCCC1)c1ccc(CO)c(Cl)c1. The summed E-state index contributed by atoms with van der Waals surface area (Å²) >= 11 is 5.92. The highest BCUT2D eigenvalue weighted by Gasteiger charge is 2.16. The van der Waals surface area contributed by atoms with Crippen molar-refractivity contribution in [1.82, 2.24) is 9.62 Å². The molecule has 0 radical (unpaired) electrons. The zero-order valence-electron chi connectivity index (χ0n) is 11.9. The fourth-order valence-electron chi connectivity index (χ4n) is 2.42. The van der Waals surface area contributed by atoms with Gasteiger partial charge in [-0.2, -0.15) is 0 Å². The van der Waals surface area contributed by atoms with Gasteiger partial charge in [0.1, 0.15) is 0 Å². The average molecular weight is 333 g/mol. The average Bonchev–Trinajstić information content (AvgIpc) is 2.97.